The molecule has 0 saturated carbocycles. The Morgan fingerprint density at radius 1 is 1.30 bits per heavy atom. The van der Waals surface area contributed by atoms with Crippen LogP contribution < -0.4 is 5.32 Å². The maximum atomic E-state index is 12.2. The van der Waals surface area contributed by atoms with Gasteiger partial charge in [-0.25, -0.2) is 0 Å². The van der Waals surface area contributed by atoms with Crippen molar-refractivity contribution in [1.82, 2.24) is 5.32 Å². The maximum absolute atomic E-state index is 12.2. The van der Waals surface area contributed by atoms with Gasteiger partial charge in [-0.2, -0.15) is 0 Å². The number of amides is 1. The molecule has 1 aliphatic rings. The summed E-state index contributed by atoms with van der Waals surface area (Å²) in [7, 11) is 0. The fourth-order valence-electron chi connectivity index (χ4n) is 2.81. The van der Waals surface area contributed by atoms with Gasteiger partial charge in [-0.05, 0) is 56.0 Å². The Balaban J connectivity index is 2.58. The molecule has 1 fully saturated rings. The van der Waals surface area contributed by atoms with Crippen LogP contribution in [0.4, 0.5) is 0 Å². The van der Waals surface area contributed by atoms with Gasteiger partial charge in [0.1, 0.15) is 5.92 Å². The zero-order valence-corrected chi connectivity index (χ0v) is 12.3. The molecule has 0 spiro atoms. The molecule has 1 heterocycles. The molecular formula is C17H19NO2. The second-order valence-electron chi connectivity index (χ2n) is 5.16. The lowest BCUT2D eigenvalue weighted by atomic mass is 9.85. The lowest BCUT2D eigenvalue weighted by Gasteiger charge is -2.16. The van der Waals surface area contributed by atoms with E-state index in [9.17, 15) is 9.59 Å². The molecule has 1 aromatic rings. The Morgan fingerprint density at radius 2 is 2.00 bits per heavy atom. The normalized spacial score (nSPS) is 21.4. The highest BCUT2D eigenvalue weighted by Crippen LogP contribution is 2.31. The topological polar surface area (TPSA) is 46.2 Å². The third-order valence-corrected chi connectivity index (χ3v) is 3.74. The number of hydrogen-bond acceptors (Lipinski definition) is 2. The molecule has 2 atom stereocenters. The number of rotatable bonds is 2. The number of carbonyl (C=O) groups excluding carboxylic acids is 2. The molecule has 0 aliphatic carbocycles. The first-order chi connectivity index (χ1) is 9.49. The summed E-state index contributed by atoms with van der Waals surface area (Å²) in [6, 6.07) is 3.54. The van der Waals surface area contributed by atoms with Crippen LogP contribution in [-0.4, -0.2) is 17.7 Å². The molecule has 1 N–H and O–H groups in total. The first-order valence-electron chi connectivity index (χ1n) is 6.89. The van der Waals surface area contributed by atoms with Gasteiger partial charge in [0.05, 0.1) is 6.04 Å². The number of nitrogens with one attached hydrogen (secondary N) is 1. The molecule has 0 aromatic heterocycles. The van der Waals surface area contributed by atoms with Gasteiger partial charge in [-0.1, -0.05) is 12.8 Å². The third-order valence-electron chi connectivity index (χ3n) is 3.74. The minimum Gasteiger partial charge on any atom is -0.346 e. The molecule has 3 heteroatoms. The average Bonchev–Trinajstić information content (AvgIpc) is 2.64. The smallest absolute Gasteiger partial charge is 0.235 e. The summed E-state index contributed by atoms with van der Waals surface area (Å²) in [6.07, 6.45) is 0.779. The molecule has 1 saturated heterocycles. The molecule has 1 amide bonds. The number of hydrogen-bond donors (Lipinski definition) is 1. The van der Waals surface area contributed by atoms with Gasteiger partial charge < -0.3 is 5.32 Å². The van der Waals surface area contributed by atoms with Crippen LogP contribution in [0.1, 0.15) is 48.9 Å². The van der Waals surface area contributed by atoms with Crippen LogP contribution in [0.5, 0.6) is 0 Å². The van der Waals surface area contributed by atoms with Crippen molar-refractivity contribution >= 4 is 11.7 Å². The van der Waals surface area contributed by atoms with Crippen LogP contribution in [0.25, 0.3) is 0 Å². The van der Waals surface area contributed by atoms with Crippen molar-refractivity contribution in [2.45, 2.75) is 46.1 Å². The predicted molar refractivity (Wildman–Crippen MR) is 78.5 cm³/mol. The summed E-state index contributed by atoms with van der Waals surface area (Å²) < 4.78 is 0. The van der Waals surface area contributed by atoms with E-state index in [1.807, 2.05) is 26.0 Å². The second kappa shape index (κ2) is 5.50. The zero-order chi connectivity index (χ0) is 14.9. The highest BCUT2D eigenvalue weighted by atomic mass is 16.2. The average molecular weight is 269 g/mol. The molecule has 104 valence electrons. The Bertz CT molecular complexity index is 634. The Morgan fingerprint density at radius 3 is 2.50 bits per heavy atom. The molecule has 3 nitrogen and oxygen atoms in total. The van der Waals surface area contributed by atoms with Crippen LogP contribution in [0, 0.1) is 18.8 Å². The van der Waals surface area contributed by atoms with Crippen LogP contribution in [0.3, 0.4) is 0 Å². The lowest BCUT2D eigenvalue weighted by molar-refractivity contribution is -0.124. The first kappa shape index (κ1) is 14.3. The van der Waals surface area contributed by atoms with Gasteiger partial charge in [0.2, 0.25) is 5.91 Å². The number of carbonyl (C=O) groups is 2. The highest BCUT2D eigenvalue weighted by molar-refractivity contribution is 6.15. The quantitative estimate of drug-likeness (QED) is 0.660. The molecule has 0 radical (unpaired) electrons. The molecule has 0 bridgehead atoms. The number of benzene rings is 1. The van der Waals surface area contributed by atoms with Crippen molar-refractivity contribution in [3.63, 3.8) is 0 Å². The van der Waals surface area contributed by atoms with Gasteiger partial charge in [0.15, 0.2) is 5.78 Å². The summed E-state index contributed by atoms with van der Waals surface area (Å²) in [6.45, 7) is 7.50. The van der Waals surface area contributed by atoms with E-state index < -0.39 is 12.0 Å². The van der Waals surface area contributed by atoms with Crippen molar-refractivity contribution in [2.24, 2.45) is 0 Å². The van der Waals surface area contributed by atoms with Gasteiger partial charge in [0, 0.05) is 5.56 Å². The van der Waals surface area contributed by atoms with E-state index in [2.05, 4.69) is 17.2 Å². The maximum Gasteiger partial charge on any atom is 0.235 e. The van der Waals surface area contributed by atoms with Gasteiger partial charge in [0.25, 0.3) is 0 Å². The fourth-order valence-corrected chi connectivity index (χ4v) is 2.81. The van der Waals surface area contributed by atoms with Crippen molar-refractivity contribution in [2.75, 3.05) is 0 Å². The van der Waals surface area contributed by atoms with Crippen LogP contribution in [0.15, 0.2) is 12.1 Å². The van der Waals surface area contributed by atoms with E-state index >= 15 is 0 Å². The molecule has 2 unspecified atom stereocenters. The van der Waals surface area contributed by atoms with E-state index in [1.165, 1.54) is 0 Å². The van der Waals surface area contributed by atoms with E-state index in [4.69, 9.17) is 0 Å². The van der Waals surface area contributed by atoms with Gasteiger partial charge >= 0.3 is 0 Å². The summed E-state index contributed by atoms with van der Waals surface area (Å²) >= 11 is 0. The third kappa shape index (κ3) is 2.34. The fraction of sp³-hybridized carbons (Fsp3) is 0.412. The second-order valence-corrected chi connectivity index (χ2v) is 5.16. The number of Topliss-reactive ketones (excluding diaryl/α,β-unsaturated/α-hetero) is 1. The van der Waals surface area contributed by atoms with Crippen LogP contribution in [-0.2, 0) is 16.0 Å². The first-order valence-corrected chi connectivity index (χ1v) is 6.89. The molecule has 20 heavy (non-hydrogen) atoms. The minimum atomic E-state index is -0.663. The van der Waals surface area contributed by atoms with Crippen molar-refractivity contribution in [3.05, 3.63) is 34.4 Å². The van der Waals surface area contributed by atoms with Crippen molar-refractivity contribution in [3.8, 4) is 11.8 Å². The van der Waals surface area contributed by atoms with Crippen molar-refractivity contribution in [1.29, 1.82) is 0 Å². The summed E-state index contributed by atoms with van der Waals surface area (Å²) in [5.41, 5.74) is 3.79. The number of aryl methyl sites for hydroxylation is 2. The lowest BCUT2D eigenvalue weighted by Crippen LogP contribution is -2.25. The van der Waals surface area contributed by atoms with E-state index in [0.717, 1.165) is 28.7 Å². The van der Waals surface area contributed by atoms with Gasteiger partial charge in [-0.15, -0.1) is 5.92 Å². The largest absolute Gasteiger partial charge is 0.346 e. The Hall–Kier alpha value is -2.08. The summed E-state index contributed by atoms with van der Waals surface area (Å²) in [4.78, 5) is 24.3. The predicted octanol–water partition coefficient (Wildman–Crippen LogP) is 2.10. The van der Waals surface area contributed by atoms with E-state index in [1.54, 1.807) is 13.8 Å². The molecule has 1 aromatic carbocycles. The molecule has 1 aliphatic heterocycles. The molecule has 2 rings (SSSR count). The SMILES string of the molecule is CC#Cc1cc(C)c(C2C(=O)NC(C)C2=O)c(CC)c1. The highest BCUT2D eigenvalue weighted by Gasteiger charge is 2.41. The van der Waals surface area contributed by atoms with Crippen LogP contribution >= 0.6 is 0 Å². The monoisotopic (exact) mass is 269 g/mol. The van der Waals surface area contributed by atoms with Gasteiger partial charge in [-0.3, -0.25) is 9.59 Å². The zero-order valence-electron chi connectivity index (χ0n) is 12.3. The molecular weight excluding hydrogens is 250 g/mol. The van der Waals surface area contributed by atoms with E-state index in [0.29, 0.717) is 0 Å². The number of ketones is 1. The Kier molecular flexibility index (Phi) is 3.94. The summed E-state index contributed by atoms with van der Waals surface area (Å²) in [5, 5.41) is 2.72. The summed E-state index contributed by atoms with van der Waals surface area (Å²) in [5.74, 6) is 5.03. The van der Waals surface area contributed by atoms with Crippen LogP contribution in [0.2, 0.25) is 0 Å². The Labute approximate surface area is 119 Å². The minimum absolute atomic E-state index is 0.0397. The standard InChI is InChI=1S/C17H19NO2/c1-5-7-12-8-10(3)14(13(6-2)9-12)15-16(19)11(4)18-17(15)20/h8-9,11,15H,6H2,1-4H3,(H,18,20). The van der Waals surface area contributed by atoms with Crippen molar-refractivity contribution < 1.29 is 9.59 Å². The van der Waals surface area contributed by atoms with E-state index in [-0.39, 0.29) is 11.7 Å².